The third-order valence-corrected chi connectivity index (χ3v) is 3.13. The van der Waals surface area contributed by atoms with Gasteiger partial charge in [0.05, 0.1) is 13.2 Å². The Labute approximate surface area is 128 Å². The maximum atomic E-state index is 5.07. The summed E-state index contributed by atoms with van der Waals surface area (Å²) in [4.78, 5) is 8.89. The molecule has 5 nitrogen and oxygen atoms in total. The van der Waals surface area contributed by atoms with Crippen molar-refractivity contribution >= 4 is 5.96 Å². The Morgan fingerprint density at radius 1 is 1.14 bits per heavy atom. The highest BCUT2D eigenvalue weighted by atomic mass is 16.5. The van der Waals surface area contributed by atoms with Gasteiger partial charge in [0.25, 0.3) is 0 Å². The number of guanidine groups is 1. The summed E-state index contributed by atoms with van der Waals surface area (Å²) in [6, 6.07) is 10.3. The van der Waals surface area contributed by atoms with E-state index in [1.165, 1.54) is 5.56 Å². The number of likely N-dealkylation sites (N-methyl/N-ethyl adjacent to an activating group) is 1. The number of nitrogens with one attached hydrogen (secondary N) is 1. The molecule has 0 bridgehead atoms. The third kappa shape index (κ3) is 7.68. The van der Waals surface area contributed by atoms with Crippen molar-refractivity contribution in [2.24, 2.45) is 4.99 Å². The zero-order valence-corrected chi connectivity index (χ0v) is 13.7. The lowest BCUT2D eigenvalue weighted by Crippen LogP contribution is -2.40. The van der Waals surface area contributed by atoms with Crippen molar-refractivity contribution in [3.8, 4) is 0 Å². The van der Waals surface area contributed by atoms with Gasteiger partial charge < -0.3 is 19.9 Å². The van der Waals surface area contributed by atoms with Crippen molar-refractivity contribution in [2.75, 3.05) is 54.5 Å². The van der Waals surface area contributed by atoms with Crippen LogP contribution in [-0.4, -0.2) is 70.3 Å². The molecule has 0 saturated heterocycles. The van der Waals surface area contributed by atoms with Gasteiger partial charge in [-0.1, -0.05) is 30.3 Å². The van der Waals surface area contributed by atoms with Gasteiger partial charge in [0, 0.05) is 40.8 Å². The van der Waals surface area contributed by atoms with Crippen LogP contribution in [-0.2, 0) is 11.3 Å². The summed E-state index contributed by atoms with van der Waals surface area (Å²) in [7, 11) is 7.83. The van der Waals surface area contributed by atoms with Crippen molar-refractivity contribution in [3.05, 3.63) is 35.9 Å². The highest BCUT2D eigenvalue weighted by Crippen LogP contribution is 2.00. The predicted octanol–water partition coefficient (Wildman–Crippen LogP) is 1.27. The van der Waals surface area contributed by atoms with Gasteiger partial charge in [0.2, 0.25) is 0 Å². The first-order chi connectivity index (χ1) is 10.1. The first kappa shape index (κ1) is 17.5. The number of hydrogen-bond acceptors (Lipinski definition) is 3. The Balaban J connectivity index is 2.39. The van der Waals surface area contributed by atoms with Crippen LogP contribution in [0.25, 0.3) is 0 Å². The third-order valence-electron chi connectivity index (χ3n) is 3.13. The first-order valence-electron chi connectivity index (χ1n) is 7.30. The second-order valence-corrected chi connectivity index (χ2v) is 5.24. The van der Waals surface area contributed by atoms with E-state index in [9.17, 15) is 0 Å². The fourth-order valence-electron chi connectivity index (χ4n) is 1.82. The minimum Gasteiger partial charge on any atom is -0.383 e. The molecule has 0 amide bonds. The zero-order valence-electron chi connectivity index (χ0n) is 13.7. The van der Waals surface area contributed by atoms with Gasteiger partial charge in [0.1, 0.15) is 0 Å². The summed E-state index contributed by atoms with van der Waals surface area (Å²) in [5, 5.41) is 3.39. The number of ether oxygens (including phenoxy) is 1. The number of hydrogen-bond donors (Lipinski definition) is 1. The van der Waals surface area contributed by atoms with E-state index in [1.807, 2.05) is 37.2 Å². The van der Waals surface area contributed by atoms with Gasteiger partial charge in [-0.15, -0.1) is 0 Å². The highest BCUT2D eigenvalue weighted by molar-refractivity contribution is 5.79. The average Bonchev–Trinajstić information content (AvgIpc) is 2.49. The average molecular weight is 292 g/mol. The number of rotatable bonds is 8. The van der Waals surface area contributed by atoms with Gasteiger partial charge in [0.15, 0.2) is 5.96 Å². The number of methoxy groups -OCH3 is 1. The van der Waals surface area contributed by atoms with Gasteiger partial charge in [-0.2, -0.15) is 0 Å². The van der Waals surface area contributed by atoms with Crippen LogP contribution in [0.15, 0.2) is 35.3 Å². The number of aliphatic imine (C=N–C) groups is 1. The molecule has 0 unspecified atom stereocenters. The Bertz CT molecular complexity index is 406. The summed E-state index contributed by atoms with van der Waals surface area (Å²) in [5.41, 5.74) is 1.22. The topological polar surface area (TPSA) is 40.1 Å². The van der Waals surface area contributed by atoms with Crippen LogP contribution >= 0.6 is 0 Å². The molecule has 1 aromatic carbocycles. The number of benzene rings is 1. The van der Waals surface area contributed by atoms with E-state index in [2.05, 4.69) is 34.4 Å². The van der Waals surface area contributed by atoms with Crippen LogP contribution < -0.4 is 5.32 Å². The maximum absolute atomic E-state index is 5.07. The van der Waals surface area contributed by atoms with Crippen LogP contribution in [0, 0.1) is 0 Å². The van der Waals surface area contributed by atoms with E-state index in [0.29, 0.717) is 6.54 Å². The Morgan fingerprint density at radius 2 is 1.86 bits per heavy atom. The van der Waals surface area contributed by atoms with E-state index >= 15 is 0 Å². The van der Waals surface area contributed by atoms with E-state index < -0.39 is 0 Å². The normalized spacial score (nSPS) is 11.8. The van der Waals surface area contributed by atoms with Crippen molar-refractivity contribution in [1.29, 1.82) is 0 Å². The van der Waals surface area contributed by atoms with E-state index in [0.717, 1.165) is 32.2 Å². The fraction of sp³-hybridized carbons (Fsp3) is 0.562. The molecular formula is C16H28N4O. The molecule has 21 heavy (non-hydrogen) atoms. The van der Waals surface area contributed by atoms with Crippen LogP contribution in [0.3, 0.4) is 0 Å². The molecule has 0 fully saturated rings. The maximum Gasteiger partial charge on any atom is 0.193 e. The van der Waals surface area contributed by atoms with Crippen LogP contribution in [0.5, 0.6) is 0 Å². The largest absolute Gasteiger partial charge is 0.383 e. The van der Waals surface area contributed by atoms with Gasteiger partial charge in [-0.3, -0.25) is 0 Å². The van der Waals surface area contributed by atoms with E-state index in [-0.39, 0.29) is 0 Å². The van der Waals surface area contributed by atoms with Crippen molar-refractivity contribution in [3.63, 3.8) is 0 Å². The molecule has 0 aliphatic rings. The van der Waals surface area contributed by atoms with Gasteiger partial charge >= 0.3 is 0 Å². The van der Waals surface area contributed by atoms with Crippen molar-refractivity contribution < 1.29 is 4.74 Å². The lowest BCUT2D eigenvalue weighted by molar-refractivity contribution is 0.162. The van der Waals surface area contributed by atoms with Crippen molar-refractivity contribution in [2.45, 2.75) is 6.54 Å². The van der Waals surface area contributed by atoms with Crippen LogP contribution in [0.1, 0.15) is 5.56 Å². The highest BCUT2D eigenvalue weighted by Gasteiger charge is 2.03. The minimum absolute atomic E-state index is 0.695. The molecule has 0 aromatic heterocycles. The summed E-state index contributed by atoms with van der Waals surface area (Å²) in [5.74, 6) is 0.916. The molecule has 0 heterocycles. The molecule has 118 valence electrons. The Morgan fingerprint density at radius 3 is 2.48 bits per heavy atom. The standard InChI is InChI=1S/C16H28N4O/c1-19(2)16(17-10-11-20(3)12-13-21-4)18-14-15-8-6-5-7-9-15/h5-9H,10-14H2,1-4H3,(H,17,18). The Kier molecular flexibility index (Phi) is 8.47. The summed E-state index contributed by atoms with van der Waals surface area (Å²) in [6.07, 6.45) is 0. The molecule has 0 spiro atoms. The van der Waals surface area contributed by atoms with Gasteiger partial charge in [-0.25, -0.2) is 4.99 Å². The van der Waals surface area contributed by atoms with Crippen molar-refractivity contribution in [1.82, 2.24) is 15.1 Å². The quantitative estimate of drug-likeness (QED) is 0.579. The fourth-order valence-corrected chi connectivity index (χ4v) is 1.82. The molecule has 0 radical (unpaired) electrons. The summed E-state index contributed by atoms with van der Waals surface area (Å²) < 4.78 is 5.07. The SMILES string of the molecule is COCCN(C)CCNC(=NCc1ccccc1)N(C)C. The summed E-state index contributed by atoms with van der Waals surface area (Å²) >= 11 is 0. The molecule has 1 rings (SSSR count). The first-order valence-corrected chi connectivity index (χ1v) is 7.30. The second-order valence-electron chi connectivity index (χ2n) is 5.24. The second kappa shape index (κ2) is 10.2. The van der Waals surface area contributed by atoms with E-state index in [1.54, 1.807) is 7.11 Å². The van der Waals surface area contributed by atoms with Gasteiger partial charge in [-0.05, 0) is 12.6 Å². The summed E-state index contributed by atoms with van der Waals surface area (Å²) in [6.45, 7) is 4.23. The Hall–Kier alpha value is -1.59. The lowest BCUT2D eigenvalue weighted by Gasteiger charge is -2.20. The molecular weight excluding hydrogens is 264 g/mol. The van der Waals surface area contributed by atoms with Crippen LogP contribution in [0.4, 0.5) is 0 Å². The minimum atomic E-state index is 0.695. The zero-order chi connectivity index (χ0) is 15.5. The molecule has 0 aliphatic carbocycles. The molecule has 1 N–H and O–H groups in total. The molecule has 0 saturated carbocycles. The van der Waals surface area contributed by atoms with Crippen LogP contribution in [0.2, 0.25) is 0 Å². The molecule has 0 atom stereocenters. The smallest absolute Gasteiger partial charge is 0.193 e. The number of nitrogens with zero attached hydrogens (tertiary/aromatic N) is 3. The van der Waals surface area contributed by atoms with E-state index in [4.69, 9.17) is 4.74 Å². The lowest BCUT2D eigenvalue weighted by atomic mass is 10.2. The molecule has 5 heteroatoms. The predicted molar refractivity (Wildman–Crippen MR) is 88.6 cm³/mol. The molecule has 0 aliphatic heterocycles. The molecule has 1 aromatic rings. The monoisotopic (exact) mass is 292 g/mol.